The van der Waals surface area contributed by atoms with Crippen molar-refractivity contribution in [2.24, 2.45) is 5.41 Å². The number of nitrogens with zero attached hydrogens (tertiary/aromatic N) is 1. The molecule has 6 heteroatoms. The molecule has 0 saturated carbocycles. The fourth-order valence-electron chi connectivity index (χ4n) is 1.66. The van der Waals surface area contributed by atoms with Crippen LogP contribution in [-0.4, -0.2) is 34.4 Å². The minimum absolute atomic E-state index is 0.00153. The normalized spacial score (nSPS) is 11.7. The lowest BCUT2D eigenvalue weighted by Gasteiger charge is -2.21. The number of nitrogens with one attached hydrogen (secondary N) is 2. The van der Waals surface area contributed by atoms with E-state index >= 15 is 0 Å². The number of carbonyl (C=O) groups is 1. The molecule has 1 aromatic heterocycles. The number of rotatable bonds is 4. The Morgan fingerprint density at radius 2 is 2.26 bits per heavy atom. The molecule has 6 nitrogen and oxygen atoms in total. The first kappa shape index (κ1) is 13.4. The first-order chi connectivity index (χ1) is 8.93. The van der Waals surface area contributed by atoms with Gasteiger partial charge >= 0.3 is 0 Å². The Labute approximate surface area is 111 Å². The third kappa shape index (κ3) is 2.85. The molecule has 0 unspecified atom stereocenters. The van der Waals surface area contributed by atoms with Gasteiger partial charge in [0.1, 0.15) is 0 Å². The van der Waals surface area contributed by atoms with Crippen molar-refractivity contribution in [1.29, 1.82) is 0 Å². The third-order valence-electron chi connectivity index (χ3n) is 2.96. The maximum atomic E-state index is 12.1. The van der Waals surface area contributed by atoms with Crippen LogP contribution in [0.5, 0.6) is 0 Å². The SMILES string of the molecule is CC(C)(CO)CNC(=O)c1n[nH]c2ccc(N)cc12. The molecule has 5 N–H and O–H groups in total. The molecule has 0 aliphatic carbocycles. The van der Waals surface area contributed by atoms with Gasteiger partial charge in [0.05, 0.1) is 5.52 Å². The summed E-state index contributed by atoms with van der Waals surface area (Å²) in [6.07, 6.45) is 0. The van der Waals surface area contributed by atoms with Gasteiger partial charge in [-0.25, -0.2) is 0 Å². The van der Waals surface area contributed by atoms with E-state index in [1.54, 1.807) is 18.2 Å². The number of carbonyl (C=O) groups excluding carboxylic acids is 1. The summed E-state index contributed by atoms with van der Waals surface area (Å²) >= 11 is 0. The Morgan fingerprint density at radius 3 is 2.95 bits per heavy atom. The van der Waals surface area contributed by atoms with Gasteiger partial charge in [-0.15, -0.1) is 0 Å². The number of aliphatic hydroxyl groups excluding tert-OH is 1. The molecule has 0 atom stereocenters. The lowest BCUT2D eigenvalue weighted by Crippen LogP contribution is -2.36. The zero-order valence-corrected chi connectivity index (χ0v) is 11.0. The number of anilines is 1. The van der Waals surface area contributed by atoms with Crippen LogP contribution in [0, 0.1) is 5.41 Å². The summed E-state index contributed by atoms with van der Waals surface area (Å²) in [5, 5.41) is 19.4. The van der Waals surface area contributed by atoms with Crippen LogP contribution in [-0.2, 0) is 0 Å². The van der Waals surface area contributed by atoms with E-state index in [9.17, 15) is 4.79 Å². The van der Waals surface area contributed by atoms with Gasteiger partial charge in [0.2, 0.25) is 0 Å². The molecule has 0 bridgehead atoms. The van der Waals surface area contributed by atoms with Gasteiger partial charge < -0.3 is 16.2 Å². The third-order valence-corrected chi connectivity index (χ3v) is 2.96. The highest BCUT2D eigenvalue weighted by Crippen LogP contribution is 2.19. The molecule has 1 heterocycles. The second kappa shape index (κ2) is 4.89. The van der Waals surface area contributed by atoms with Crippen LogP contribution < -0.4 is 11.1 Å². The summed E-state index contributed by atoms with van der Waals surface area (Å²) < 4.78 is 0. The number of hydrogen-bond donors (Lipinski definition) is 4. The van der Waals surface area contributed by atoms with Crippen molar-refractivity contribution >= 4 is 22.5 Å². The monoisotopic (exact) mass is 262 g/mol. The summed E-state index contributed by atoms with van der Waals surface area (Å²) in [7, 11) is 0. The first-order valence-electron chi connectivity index (χ1n) is 6.05. The average molecular weight is 262 g/mol. The molecule has 19 heavy (non-hydrogen) atoms. The van der Waals surface area contributed by atoms with Crippen molar-refractivity contribution < 1.29 is 9.90 Å². The molecule has 0 aliphatic heterocycles. The number of benzene rings is 1. The minimum Gasteiger partial charge on any atom is -0.399 e. The lowest BCUT2D eigenvalue weighted by molar-refractivity contribution is 0.0907. The molecular formula is C13H18N4O2. The van der Waals surface area contributed by atoms with Crippen LogP contribution in [0.1, 0.15) is 24.3 Å². The van der Waals surface area contributed by atoms with Gasteiger partial charge in [-0.3, -0.25) is 9.89 Å². The highest BCUT2D eigenvalue weighted by molar-refractivity contribution is 6.05. The number of H-pyrrole nitrogens is 1. The maximum Gasteiger partial charge on any atom is 0.272 e. The number of aromatic amines is 1. The second-order valence-electron chi connectivity index (χ2n) is 5.38. The van der Waals surface area contributed by atoms with Gasteiger partial charge in [-0.05, 0) is 18.2 Å². The van der Waals surface area contributed by atoms with Crippen molar-refractivity contribution in [3.05, 3.63) is 23.9 Å². The number of aliphatic hydroxyl groups is 1. The van der Waals surface area contributed by atoms with Crippen LogP contribution in [0.25, 0.3) is 10.9 Å². The molecule has 0 saturated heterocycles. The van der Waals surface area contributed by atoms with Gasteiger partial charge in [-0.2, -0.15) is 5.10 Å². The molecule has 0 spiro atoms. The Morgan fingerprint density at radius 1 is 1.53 bits per heavy atom. The molecule has 0 aliphatic rings. The van der Waals surface area contributed by atoms with Crippen LogP contribution in [0.3, 0.4) is 0 Å². The smallest absolute Gasteiger partial charge is 0.272 e. The van der Waals surface area contributed by atoms with E-state index < -0.39 is 0 Å². The van der Waals surface area contributed by atoms with Gasteiger partial charge in [0.25, 0.3) is 5.91 Å². The zero-order chi connectivity index (χ0) is 14.0. The molecule has 2 rings (SSSR count). The number of fused-ring (bicyclic) bond motifs is 1. The van der Waals surface area contributed by atoms with Crippen molar-refractivity contribution in [3.8, 4) is 0 Å². The van der Waals surface area contributed by atoms with Gasteiger partial charge in [0.15, 0.2) is 5.69 Å². The van der Waals surface area contributed by atoms with E-state index in [2.05, 4.69) is 15.5 Å². The molecule has 102 valence electrons. The van der Waals surface area contributed by atoms with Crippen molar-refractivity contribution in [2.45, 2.75) is 13.8 Å². The quantitative estimate of drug-likeness (QED) is 0.614. The molecular weight excluding hydrogens is 244 g/mol. The first-order valence-corrected chi connectivity index (χ1v) is 6.05. The number of nitrogen functional groups attached to an aromatic ring is 1. The van der Waals surface area contributed by atoms with Crippen LogP contribution >= 0.6 is 0 Å². The van der Waals surface area contributed by atoms with E-state index in [1.807, 2.05) is 13.8 Å². The van der Waals surface area contributed by atoms with Crippen molar-refractivity contribution in [1.82, 2.24) is 15.5 Å². The topological polar surface area (TPSA) is 104 Å². The second-order valence-corrected chi connectivity index (χ2v) is 5.38. The molecule has 2 aromatic rings. The Kier molecular flexibility index (Phi) is 3.44. The van der Waals surface area contributed by atoms with E-state index in [0.717, 1.165) is 5.52 Å². The summed E-state index contributed by atoms with van der Waals surface area (Å²) in [4.78, 5) is 12.1. The number of aromatic nitrogens is 2. The highest BCUT2D eigenvalue weighted by Gasteiger charge is 2.20. The Bertz CT molecular complexity index is 604. The summed E-state index contributed by atoms with van der Waals surface area (Å²) in [5.74, 6) is -0.279. The van der Waals surface area contributed by atoms with E-state index in [1.165, 1.54) is 0 Å². The van der Waals surface area contributed by atoms with Gasteiger partial charge in [-0.1, -0.05) is 13.8 Å². The predicted molar refractivity (Wildman–Crippen MR) is 73.7 cm³/mol. The Hall–Kier alpha value is -2.08. The minimum atomic E-state index is -0.360. The summed E-state index contributed by atoms with van der Waals surface area (Å²) in [5.41, 5.74) is 7.01. The molecule has 0 radical (unpaired) electrons. The van der Waals surface area contributed by atoms with E-state index in [-0.39, 0.29) is 17.9 Å². The molecule has 0 fully saturated rings. The van der Waals surface area contributed by atoms with E-state index in [0.29, 0.717) is 23.3 Å². The molecule has 1 amide bonds. The van der Waals surface area contributed by atoms with Crippen LogP contribution in [0.4, 0.5) is 5.69 Å². The van der Waals surface area contributed by atoms with Gasteiger partial charge in [0, 0.05) is 29.6 Å². The summed E-state index contributed by atoms with van der Waals surface area (Å²) in [6.45, 7) is 4.11. The van der Waals surface area contributed by atoms with Crippen LogP contribution in [0.2, 0.25) is 0 Å². The summed E-state index contributed by atoms with van der Waals surface area (Å²) in [6, 6.07) is 5.24. The predicted octanol–water partition coefficient (Wildman–Crippen LogP) is 0.893. The van der Waals surface area contributed by atoms with E-state index in [4.69, 9.17) is 10.8 Å². The fraction of sp³-hybridized carbons (Fsp3) is 0.385. The van der Waals surface area contributed by atoms with Crippen LogP contribution in [0.15, 0.2) is 18.2 Å². The van der Waals surface area contributed by atoms with Crippen molar-refractivity contribution in [2.75, 3.05) is 18.9 Å². The number of hydrogen-bond acceptors (Lipinski definition) is 4. The fourth-order valence-corrected chi connectivity index (χ4v) is 1.66. The van der Waals surface area contributed by atoms with Crippen molar-refractivity contribution in [3.63, 3.8) is 0 Å². The largest absolute Gasteiger partial charge is 0.399 e. The number of nitrogens with two attached hydrogens (primary N) is 1. The zero-order valence-electron chi connectivity index (χ0n) is 11.0. The highest BCUT2D eigenvalue weighted by atomic mass is 16.3. The molecule has 1 aromatic carbocycles. The Balaban J connectivity index is 2.20. The lowest BCUT2D eigenvalue weighted by atomic mass is 9.95. The average Bonchev–Trinajstić information content (AvgIpc) is 2.79. The maximum absolute atomic E-state index is 12.1. The number of amides is 1. The standard InChI is InChI=1S/C13H18N4O2/c1-13(2,7-18)6-15-12(19)11-9-5-8(14)3-4-10(9)16-17-11/h3-5,18H,6-7,14H2,1-2H3,(H,15,19)(H,16,17).